The van der Waals surface area contributed by atoms with Gasteiger partial charge in [0.15, 0.2) is 0 Å². The molecule has 0 aliphatic heterocycles. The lowest BCUT2D eigenvalue weighted by atomic mass is 10.2. The Morgan fingerprint density at radius 1 is 1.39 bits per heavy atom. The Labute approximate surface area is 118 Å². The van der Waals surface area contributed by atoms with Crippen LogP contribution in [-0.2, 0) is 6.54 Å². The molecule has 4 nitrogen and oxygen atoms in total. The Hall–Kier alpha value is -1.27. The van der Waals surface area contributed by atoms with E-state index in [9.17, 15) is 4.79 Å². The molecule has 0 atom stereocenters. The molecule has 0 radical (unpaired) electrons. The first-order valence-corrected chi connectivity index (χ1v) is 7.00. The lowest BCUT2D eigenvalue weighted by Gasteiger charge is -2.06. The topological polar surface area (TPSA) is 54.9 Å². The van der Waals surface area contributed by atoms with E-state index in [4.69, 9.17) is 0 Å². The summed E-state index contributed by atoms with van der Waals surface area (Å²) in [6.07, 6.45) is 0. The normalized spacial score (nSPS) is 10.4. The average Bonchev–Trinajstić information content (AvgIpc) is 2.75. The summed E-state index contributed by atoms with van der Waals surface area (Å²) in [5, 5.41) is 10.7. The Morgan fingerprint density at radius 2 is 2.17 bits per heavy atom. The minimum atomic E-state index is -0.116. The van der Waals surface area contributed by atoms with Gasteiger partial charge in [0.05, 0.1) is 27.3 Å². The molecule has 2 heterocycles. The van der Waals surface area contributed by atoms with Gasteiger partial charge in [-0.1, -0.05) is 0 Å². The van der Waals surface area contributed by atoms with Crippen molar-refractivity contribution in [3.05, 3.63) is 43.8 Å². The lowest BCUT2D eigenvalue weighted by Crippen LogP contribution is -2.23. The standard InChI is InChI=1S/C12H12BrN3OS/c1-7-5-10(8(2)16-15-7)12(17)14-6-9-3-4-11(13)18-9/h3-5H,6H2,1-2H3,(H,14,17). The van der Waals surface area contributed by atoms with Crippen LogP contribution >= 0.6 is 27.3 Å². The molecule has 0 aliphatic carbocycles. The fraction of sp³-hybridized carbons (Fsp3) is 0.250. The van der Waals surface area contributed by atoms with E-state index >= 15 is 0 Å². The summed E-state index contributed by atoms with van der Waals surface area (Å²) in [7, 11) is 0. The Kier molecular flexibility index (Phi) is 4.08. The number of hydrogen-bond donors (Lipinski definition) is 1. The molecule has 0 bridgehead atoms. The number of nitrogens with one attached hydrogen (secondary N) is 1. The highest BCUT2D eigenvalue weighted by Crippen LogP contribution is 2.21. The summed E-state index contributed by atoms with van der Waals surface area (Å²) in [5.74, 6) is -0.116. The second-order valence-electron chi connectivity index (χ2n) is 3.87. The summed E-state index contributed by atoms with van der Waals surface area (Å²) >= 11 is 5.00. The van der Waals surface area contributed by atoms with Crippen LogP contribution in [0.2, 0.25) is 0 Å². The second-order valence-corrected chi connectivity index (χ2v) is 6.42. The number of aromatic nitrogens is 2. The Morgan fingerprint density at radius 3 is 2.83 bits per heavy atom. The maximum absolute atomic E-state index is 12.0. The fourth-order valence-corrected chi connectivity index (χ4v) is 2.91. The molecular formula is C12H12BrN3OS. The van der Waals surface area contributed by atoms with Gasteiger partial charge in [0.25, 0.3) is 5.91 Å². The first-order valence-electron chi connectivity index (χ1n) is 5.39. The largest absolute Gasteiger partial charge is 0.347 e. The van der Waals surface area contributed by atoms with E-state index < -0.39 is 0 Å². The van der Waals surface area contributed by atoms with Crippen LogP contribution < -0.4 is 5.32 Å². The molecule has 18 heavy (non-hydrogen) atoms. The molecule has 2 rings (SSSR count). The van der Waals surface area contributed by atoms with Crippen molar-refractivity contribution in [1.29, 1.82) is 0 Å². The van der Waals surface area contributed by atoms with E-state index in [-0.39, 0.29) is 5.91 Å². The van der Waals surface area contributed by atoms with E-state index in [0.29, 0.717) is 17.8 Å². The van der Waals surface area contributed by atoms with Crippen molar-refractivity contribution in [3.63, 3.8) is 0 Å². The monoisotopic (exact) mass is 325 g/mol. The molecule has 94 valence electrons. The SMILES string of the molecule is Cc1cc(C(=O)NCc2ccc(Br)s2)c(C)nn1. The first-order chi connectivity index (χ1) is 8.56. The van der Waals surface area contributed by atoms with Gasteiger partial charge in [0.2, 0.25) is 0 Å². The molecule has 1 amide bonds. The molecule has 0 spiro atoms. The van der Waals surface area contributed by atoms with Crippen molar-refractivity contribution >= 4 is 33.2 Å². The molecule has 0 aliphatic rings. The molecule has 2 aromatic heterocycles. The van der Waals surface area contributed by atoms with Crippen molar-refractivity contribution < 1.29 is 4.79 Å². The fourth-order valence-electron chi connectivity index (χ4n) is 1.49. The molecule has 6 heteroatoms. The van der Waals surface area contributed by atoms with E-state index in [1.807, 2.05) is 19.1 Å². The number of amides is 1. The number of thiophene rings is 1. The number of rotatable bonds is 3. The van der Waals surface area contributed by atoms with E-state index in [1.165, 1.54) is 0 Å². The van der Waals surface area contributed by atoms with Crippen molar-refractivity contribution in [2.45, 2.75) is 20.4 Å². The Bertz CT molecular complexity index is 582. The Balaban J connectivity index is 2.05. The van der Waals surface area contributed by atoms with E-state index in [1.54, 1.807) is 24.3 Å². The zero-order chi connectivity index (χ0) is 13.1. The van der Waals surface area contributed by atoms with Crippen LogP contribution in [0.1, 0.15) is 26.6 Å². The quantitative estimate of drug-likeness (QED) is 0.944. The van der Waals surface area contributed by atoms with Crippen molar-refractivity contribution in [1.82, 2.24) is 15.5 Å². The third-order valence-electron chi connectivity index (χ3n) is 2.40. The van der Waals surface area contributed by atoms with Gasteiger partial charge in [-0.05, 0) is 48.0 Å². The minimum Gasteiger partial charge on any atom is -0.347 e. The second kappa shape index (κ2) is 5.58. The number of nitrogens with zero attached hydrogens (tertiary/aromatic N) is 2. The molecule has 2 aromatic rings. The van der Waals surface area contributed by atoms with Crippen LogP contribution in [-0.4, -0.2) is 16.1 Å². The van der Waals surface area contributed by atoms with Crippen LogP contribution in [0.15, 0.2) is 22.0 Å². The molecular weight excluding hydrogens is 314 g/mol. The summed E-state index contributed by atoms with van der Waals surface area (Å²) in [4.78, 5) is 13.1. The van der Waals surface area contributed by atoms with Gasteiger partial charge >= 0.3 is 0 Å². The molecule has 0 fully saturated rings. The first kappa shape index (κ1) is 13.2. The number of carbonyl (C=O) groups is 1. The highest BCUT2D eigenvalue weighted by Gasteiger charge is 2.11. The van der Waals surface area contributed by atoms with Crippen LogP contribution in [0.4, 0.5) is 0 Å². The lowest BCUT2D eigenvalue weighted by molar-refractivity contribution is 0.0950. The van der Waals surface area contributed by atoms with Gasteiger partial charge in [-0.2, -0.15) is 10.2 Å². The molecule has 0 saturated heterocycles. The summed E-state index contributed by atoms with van der Waals surface area (Å²) < 4.78 is 1.06. The third kappa shape index (κ3) is 3.14. The van der Waals surface area contributed by atoms with Crippen molar-refractivity contribution in [2.75, 3.05) is 0 Å². The molecule has 0 saturated carbocycles. The van der Waals surface area contributed by atoms with Crippen molar-refractivity contribution in [3.8, 4) is 0 Å². The number of halogens is 1. The number of aryl methyl sites for hydroxylation is 2. The maximum atomic E-state index is 12.0. The van der Waals surface area contributed by atoms with Crippen LogP contribution in [0.3, 0.4) is 0 Å². The van der Waals surface area contributed by atoms with Gasteiger partial charge < -0.3 is 5.32 Å². The summed E-state index contributed by atoms with van der Waals surface area (Å²) in [5.41, 5.74) is 1.97. The van der Waals surface area contributed by atoms with Crippen LogP contribution in [0.5, 0.6) is 0 Å². The minimum absolute atomic E-state index is 0.116. The predicted octanol–water partition coefficient (Wildman–Crippen LogP) is 2.85. The average molecular weight is 326 g/mol. The van der Waals surface area contributed by atoms with Gasteiger partial charge in [-0.3, -0.25) is 4.79 Å². The van der Waals surface area contributed by atoms with Crippen LogP contribution in [0.25, 0.3) is 0 Å². The molecule has 1 N–H and O–H groups in total. The zero-order valence-corrected chi connectivity index (χ0v) is 12.4. The number of hydrogen-bond acceptors (Lipinski definition) is 4. The predicted molar refractivity (Wildman–Crippen MR) is 74.7 cm³/mol. The van der Waals surface area contributed by atoms with Gasteiger partial charge in [0.1, 0.15) is 0 Å². The van der Waals surface area contributed by atoms with Gasteiger partial charge in [-0.25, -0.2) is 0 Å². The highest BCUT2D eigenvalue weighted by molar-refractivity contribution is 9.11. The van der Waals surface area contributed by atoms with E-state index in [0.717, 1.165) is 14.4 Å². The zero-order valence-electron chi connectivity index (χ0n) is 10.0. The summed E-state index contributed by atoms with van der Waals surface area (Å²) in [6, 6.07) is 5.70. The van der Waals surface area contributed by atoms with E-state index in [2.05, 4.69) is 31.4 Å². The third-order valence-corrected chi connectivity index (χ3v) is 4.02. The summed E-state index contributed by atoms with van der Waals surface area (Å²) in [6.45, 7) is 4.12. The van der Waals surface area contributed by atoms with Crippen LogP contribution in [0, 0.1) is 13.8 Å². The van der Waals surface area contributed by atoms with Gasteiger partial charge in [-0.15, -0.1) is 11.3 Å². The van der Waals surface area contributed by atoms with Gasteiger partial charge in [0, 0.05) is 4.88 Å². The smallest absolute Gasteiger partial charge is 0.253 e. The highest BCUT2D eigenvalue weighted by atomic mass is 79.9. The molecule has 0 aromatic carbocycles. The van der Waals surface area contributed by atoms with Crippen molar-refractivity contribution in [2.24, 2.45) is 0 Å². The maximum Gasteiger partial charge on any atom is 0.253 e. The number of carbonyl (C=O) groups excluding carboxylic acids is 1. The molecule has 0 unspecified atom stereocenters.